The fraction of sp³-hybridized carbons (Fsp3) is 0.406. The van der Waals surface area contributed by atoms with E-state index in [1.165, 1.54) is 42.6 Å². The highest BCUT2D eigenvalue weighted by Crippen LogP contribution is 2.54. The zero-order chi connectivity index (χ0) is 32.8. The Morgan fingerprint density at radius 3 is 2.52 bits per heavy atom. The van der Waals surface area contributed by atoms with Crippen LogP contribution in [0.25, 0.3) is 0 Å². The second-order valence-corrected chi connectivity index (χ2v) is 14.4. The average molecular weight is 672 g/mol. The molecule has 5 unspecified atom stereocenters. The van der Waals surface area contributed by atoms with Crippen molar-refractivity contribution in [3.63, 3.8) is 0 Å². The van der Waals surface area contributed by atoms with Crippen molar-refractivity contribution in [1.29, 1.82) is 0 Å². The lowest BCUT2D eigenvalue weighted by atomic mass is 9.80. The Hall–Kier alpha value is -3.62. The summed E-state index contributed by atoms with van der Waals surface area (Å²) < 4.78 is 48.8. The summed E-state index contributed by atoms with van der Waals surface area (Å²) in [7, 11) is -2.95. The van der Waals surface area contributed by atoms with Gasteiger partial charge in [-0.05, 0) is 81.9 Å². The minimum Gasteiger partial charge on any atom is -0.497 e. The minimum atomic E-state index is -4.95. The molecule has 3 aliphatic rings. The molecule has 2 fully saturated rings. The smallest absolute Gasteiger partial charge is 0.334 e. The van der Waals surface area contributed by atoms with Crippen LogP contribution >= 0.6 is 11.6 Å². The molecule has 11 nitrogen and oxygen atoms in total. The number of fused-ring (bicyclic) bond motifs is 1. The molecule has 0 saturated carbocycles. The fourth-order valence-electron chi connectivity index (χ4n) is 7.36. The molecule has 244 valence electrons. The first kappa shape index (κ1) is 32.3. The first-order valence-electron chi connectivity index (χ1n) is 15.2. The molecule has 6 rings (SSSR count). The molecule has 4 heterocycles. The second kappa shape index (κ2) is 12.5. The number of sulfonamides is 1. The van der Waals surface area contributed by atoms with Crippen LogP contribution in [-0.2, 0) is 14.8 Å². The van der Waals surface area contributed by atoms with E-state index < -0.39 is 55.2 Å². The summed E-state index contributed by atoms with van der Waals surface area (Å²) in [6.07, 6.45) is 0.866. The molecule has 2 saturated heterocycles. The number of likely N-dealkylation sites (tertiary alicyclic amines) is 1. The molecule has 2 amide bonds. The summed E-state index contributed by atoms with van der Waals surface area (Å²) >= 11 is 7.11. The molecular formula is C32H35ClFN5O6S. The maximum absolute atomic E-state index is 14.9. The van der Waals surface area contributed by atoms with Gasteiger partial charge in [-0.15, -0.1) is 3.89 Å². The van der Waals surface area contributed by atoms with Gasteiger partial charge in [0.25, 0.3) is 6.09 Å². The number of rotatable bonds is 7. The van der Waals surface area contributed by atoms with Crippen molar-refractivity contribution in [2.75, 3.05) is 38.6 Å². The highest BCUT2D eigenvalue weighted by Gasteiger charge is 2.68. The van der Waals surface area contributed by atoms with Crippen LogP contribution in [0, 0.1) is 5.82 Å². The van der Waals surface area contributed by atoms with E-state index in [0.29, 0.717) is 18.4 Å². The highest BCUT2D eigenvalue weighted by atomic mass is 35.5. The second-order valence-electron chi connectivity index (χ2n) is 11.9. The Morgan fingerprint density at radius 2 is 1.85 bits per heavy atom. The molecule has 0 bridgehead atoms. The van der Waals surface area contributed by atoms with Gasteiger partial charge in [0, 0.05) is 23.5 Å². The maximum atomic E-state index is 14.9. The average Bonchev–Trinajstić information content (AvgIpc) is 3.35. The van der Waals surface area contributed by atoms with Crippen molar-refractivity contribution < 1.29 is 36.1 Å². The maximum Gasteiger partial charge on any atom is 0.334 e. The van der Waals surface area contributed by atoms with Gasteiger partial charge in [0.15, 0.2) is 5.50 Å². The van der Waals surface area contributed by atoms with Crippen LogP contribution in [0.1, 0.15) is 42.9 Å². The first-order chi connectivity index (χ1) is 22.0. The number of pyridine rings is 1. The summed E-state index contributed by atoms with van der Waals surface area (Å²) in [5, 5.41) is 16.5. The van der Waals surface area contributed by atoms with Crippen LogP contribution in [0.3, 0.4) is 0 Å². The molecule has 2 aromatic carbocycles. The molecule has 1 N–H and O–H groups in total. The minimum absolute atomic E-state index is 0.128. The summed E-state index contributed by atoms with van der Waals surface area (Å²) in [6, 6.07) is 11.2. The van der Waals surface area contributed by atoms with E-state index in [2.05, 4.69) is 15.2 Å². The van der Waals surface area contributed by atoms with Crippen molar-refractivity contribution in [1.82, 2.24) is 14.8 Å². The van der Waals surface area contributed by atoms with E-state index in [1.54, 1.807) is 25.1 Å². The number of anilines is 1. The number of alkyl halides is 1. The number of carbonyl (C=O) groups is 2. The van der Waals surface area contributed by atoms with E-state index >= 15 is 0 Å². The number of hydrogen-bond acceptors (Lipinski definition) is 9. The molecular weight excluding hydrogens is 637 g/mol. The zero-order valence-corrected chi connectivity index (χ0v) is 27.0. The zero-order valence-electron chi connectivity index (χ0n) is 25.4. The number of benzene rings is 2. The molecule has 3 aliphatic heterocycles. The number of carboxylic acid groups (broad SMARTS) is 1. The standard InChI is InChI=1S/C32H35ClFN5O6S/c1-3-45-31-23(10-7-15-35-31)28-29(27-24-18-20(34)11-12-25(24)36-30(27)40)39(32(41)42,46(43,44)22-8-5-4-6-9-22)26(33)19-38(28)21-13-16-37(2)17-14-21/h4-12,15,18,21,26-29H,3,13-14,16-17,19H2,1-2H3,(H-,36,40,41,42). The van der Waals surface area contributed by atoms with Crippen molar-refractivity contribution in [3.8, 4) is 5.88 Å². The number of nitrogens with zero attached hydrogens (tertiary/aromatic N) is 4. The highest BCUT2D eigenvalue weighted by molar-refractivity contribution is 7.86. The largest absolute Gasteiger partial charge is 0.497 e. The van der Waals surface area contributed by atoms with Gasteiger partial charge in [0.05, 0.1) is 19.2 Å². The van der Waals surface area contributed by atoms with Gasteiger partial charge < -0.3 is 24.9 Å². The lowest BCUT2D eigenvalue weighted by Gasteiger charge is -2.57. The number of amides is 2. The fourth-order valence-corrected chi connectivity index (χ4v) is 10.0. The molecule has 0 aliphatic carbocycles. The van der Waals surface area contributed by atoms with E-state index in [1.807, 2.05) is 11.9 Å². The first-order valence-corrected chi connectivity index (χ1v) is 17.1. The third kappa shape index (κ3) is 5.14. The number of hydrogen-bond donors (Lipinski definition) is 1. The lowest BCUT2D eigenvalue weighted by Crippen LogP contribution is -2.78. The third-order valence-corrected chi connectivity index (χ3v) is 12.3. The van der Waals surface area contributed by atoms with Crippen LogP contribution in [0.5, 0.6) is 5.88 Å². The van der Waals surface area contributed by atoms with Crippen molar-refractivity contribution >= 4 is 39.3 Å². The summed E-state index contributed by atoms with van der Waals surface area (Å²) in [6.45, 7) is 3.27. The van der Waals surface area contributed by atoms with E-state index in [9.17, 15) is 27.5 Å². The molecule has 1 aromatic heterocycles. The van der Waals surface area contributed by atoms with Gasteiger partial charge in [0.2, 0.25) is 11.8 Å². The predicted octanol–water partition coefficient (Wildman–Crippen LogP) is 3.29. The summed E-state index contributed by atoms with van der Waals surface area (Å²) in [5.41, 5.74) is -0.860. The van der Waals surface area contributed by atoms with Crippen molar-refractivity contribution in [2.24, 2.45) is 0 Å². The lowest BCUT2D eigenvalue weighted by molar-refractivity contribution is -0.809. The quantitative estimate of drug-likeness (QED) is 0.228. The molecule has 14 heteroatoms. The Bertz CT molecular complexity index is 1740. The monoisotopic (exact) mass is 671 g/mol. The van der Waals surface area contributed by atoms with Gasteiger partial charge in [-0.3, -0.25) is 9.69 Å². The van der Waals surface area contributed by atoms with Crippen molar-refractivity contribution in [3.05, 3.63) is 83.8 Å². The topological polar surface area (TPSA) is 132 Å². The van der Waals surface area contributed by atoms with Crippen LogP contribution in [0.2, 0.25) is 0 Å². The molecule has 5 atom stereocenters. The number of halogens is 2. The number of piperidine rings is 1. The Balaban J connectivity index is 1.70. The van der Waals surface area contributed by atoms with Crippen LogP contribution < -0.4 is 15.2 Å². The Labute approximate surface area is 272 Å². The Kier molecular flexibility index (Phi) is 8.81. The molecule has 46 heavy (non-hydrogen) atoms. The van der Waals surface area contributed by atoms with Gasteiger partial charge in [-0.25, -0.2) is 9.37 Å². The number of carbonyl (C=O) groups excluding carboxylic acids is 2. The molecule has 0 spiro atoms. The van der Waals surface area contributed by atoms with Gasteiger partial charge in [-0.2, -0.15) is 8.42 Å². The number of piperazine rings is 1. The normalized spacial score (nSPS) is 27.6. The van der Waals surface area contributed by atoms with Gasteiger partial charge in [-0.1, -0.05) is 35.9 Å². The van der Waals surface area contributed by atoms with Gasteiger partial charge in [0.1, 0.15) is 22.7 Å². The third-order valence-electron chi connectivity index (χ3n) is 9.41. The van der Waals surface area contributed by atoms with E-state index in [4.69, 9.17) is 16.3 Å². The SMILES string of the molecule is CCOc1ncccc1C1C(C2C(=O)Nc3ccc(F)cc32)[N+](C(=O)[O-])(S(=O)(=O)c2ccccc2)C(Cl)CN1C1CCN(C)CC1. The number of nitrogens with one attached hydrogen (secondary N) is 1. The number of aromatic nitrogens is 1. The number of ether oxygens (including phenoxy) is 1. The number of quaternary nitrogens is 1. The summed E-state index contributed by atoms with van der Waals surface area (Å²) in [5.74, 6) is -2.66. The van der Waals surface area contributed by atoms with Crippen LogP contribution in [-0.4, -0.2) is 90.0 Å². The van der Waals surface area contributed by atoms with Crippen LogP contribution in [0.15, 0.2) is 71.8 Å². The van der Waals surface area contributed by atoms with E-state index in [-0.39, 0.29) is 41.2 Å². The van der Waals surface area contributed by atoms with Gasteiger partial charge >= 0.3 is 10.0 Å². The predicted molar refractivity (Wildman–Crippen MR) is 166 cm³/mol. The Morgan fingerprint density at radius 1 is 1.13 bits per heavy atom. The van der Waals surface area contributed by atoms with E-state index in [0.717, 1.165) is 19.2 Å². The molecule has 0 radical (unpaired) electrons. The van der Waals surface area contributed by atoms with Crippen molar-refractivity contribution in [2.45, 2.75) is 54.2 Å². The summed E-state index contributed by atoms with van der Waals surface area (Å²) in [4.78, 5) is 36.2. The van der Waals surface area contributed by atoms with Crippen LogP contribution in [0.4, 0.5) is 14.9 Å². The molecule has 3 aromatic rings.